The summed E-state index contributed by atoms with van der Waals surface area (Å²) in [6, 6.07) is 0. The van der Waals surface area contributed by atoms with E-state index in [-0.39, 0.29) is 6.61 Å². The fourth-order valence-corrected chi connectivity index (χ4v) is 2.38. The van der Waals surface area contributed by atoms with E-state index in [0.29, 0.717) is 0 Å². The lowest BCUT2D eigenvalue weighted by Gasteiger charge is -2.30. The average Bonchev–Trinajstić information content (AvgIpc) is 2.13. The van der Waals surface area contributed by atoms with Gasteiger partial charge < -0.3 is 10.2 Å². The lowest BCUT2D eigenvalue weighted by Crippen LogP contribution is -2.29. The van der Waals surface area contributed by atoms with Gasteiger partial charge >= 0.3 is 0 Å². The highest BCUT2D eigenvalue weighted by atomic mass is 16.3. The molecule has 0 unspecified atom stereocenters. The topological polar surface area (TPSA) is 40.5 Å². The molecule has 2 nitrogen and oxygen atoms in total. The van der Waals surface area contributed by atoms with Crippen LogP contribution in [0.3, 0.4) is 0 Å². The highest BCUT2D eigenvalue weighted by molar-refractivity contribution is 4.79. The first-order valence-corrected chi connectivity index (χ1v) is 6.10. The van der Waals surface area contributed by atoms with Crippen molar-refractivity contribution in [1.82, 2.24) is 0 Å². The van der Waals surface area contributed by atoms with Gasteiger partial charge in [-0.25, -0.2) is 0 Å². The summed E-state index contributed by atoms with van der Waals surface area (Å²) in [5, 5.41) is 19.0. The predicted molar refractivity (Wildman–Crippen MR) is 58.2 cm³/mol. The Morgan fingerprint density at radius 2 is 1.43 bits per heavy atom. The Balaban J connectivity index is 2.27. The van der Waals surface area contributed by atoms with Crippen LogP contribution in [0.1, 0.15) is 64.2 Å². The van der Waals surface area contributed by atoms with E-state index < -0.39 is 5.60 Å². The Morgan fingerprint density at radius 3 is 2.00 bits per heavy atom. The summed E-state index contributed by atoms with van der Waals surface area (Å²) in [6.45, 7) is 0.260. The molecule has 14 heavy (non-hydrogen) atoms. The smallest absolute Gasteiger partial charge is 0.0647 e. The van der Waals surface area contributed by atoms with Crippen LogP contribution in [0.4, 0.5) is 0 Å². The van der Waals surface area contributed by atoms with Crippen molar-refractivity contribution < 1.29 is 10.2 Å². The van der Waals surface area contributed by atoms with Gasteiger partial charge in [-0.3, -0.25) is 0 Å². The Kier molecular flexibility index (Phi) is 5.49. The van der Waals surface area contributed by atoms with Crippen LogP contribution >= 0.6 is 0 Å². The molecule has 1 fully saturated rings. The number of aliphatic hydroxyl groups excluding tert-OH is 1. The molecular weight excluding hydrogens is 176 g/mol. The lowest BCUT2D eigenvalue weighted by atomic mass is 9.83. The zero-order valence-corrected chi connectivity index (χ0v) is 9.17. The molecule has 0 spiro atoms. The van der Waals surface area contributed by atoms with Crippen molar-refractivity contribution in [1.29, 1.82) is 0 Å². The first-order chi connectivity index (χ1) is 6.77. The van der Waals surface area contributed by atoms with Crippen LogP contribution in [-0.2, 0) is 0 Å². The van der Waals surface area contributed by atoms with Crippen LogP contribution in [-0.4, -0.2) is 22.4 Å². The summed E-state index contributed by atoms with van der Waals surface area (Å²) in [4.78, 5) is 0. The summed E-state index contributed by atoms with van der Waals surface area (Å²) in [6.07, 6.45) is 10.9. The van der Waals surface area contributed by atoms with E-state index in [0.717, 1.165) is 32.1 Å². The second-order valence-electron chi connectivity index (χ2n) is 4.67. The second-order valence-corrected chi connectivity index (χ2v) is 4.67. The van der Waals surface area contributed by atoms with Crippen molar-refractivity contribution in [2.75, 3.05) is 6.61 Å². The minimum absolute atomic E-state index is 0.260. The van der Waals surface area contributed by atoms with Crippen molar-refractivity contribution in [3.05, 3.63) is 0 Å². The van der Waals surface area contributed by atoms with Gasteiger partial charge in [0.05, 0.1) is 5.60 Å². The van der Waals surface area contributed by atoms with Crippen LogP contribution in [0, 0.1) is 0 Å². The Hall–Kier alpha value is -0.0800. The molecule has 0 bridgehead atoms. The molecule has 0 aromatic rings. The summed E-state index contributed by atoms with van der Waals surface area (Å²) in [7, 11) is 0. The third kappa shape index (κ3) is 4.43. The van der Waals surface area contributed by atoms with Gasteiger partial charge in [0.15, 0.2) is 0 Å². The zero-order chi connectivity index (χ0) is 10.3. The van der Waals surface area contributed by atoms with Crippen molar-refractivity contribution in [3.8, 4) is 0 Å². The molecule has 1 saturated carbocycles. The quantitative estimate of drug-likeness (QED) is 0.685. The summed E-state index contributed by atoms with van der Waals surface area (Å²) in [5.41, 5.74) is -0.407. The van der Waals surface area contributed by atoms with E-state index in [1.807, 2.05) is 0 Å². The summed E-state index contributed by atoms with van der Waals surface area (Å²) in [5.74, 6) is 0. The van der Waals surface area contributed by atoms with Crippen molar-refractivity contribution >= 4 is 0 Å². The van der Waals surface area contributed by atoms with Crippen molar-refractivity contribution in [2.45, 2.75) is 69.8 Å². The molecule has 0 radical (unpaired) electrons. The standard InChI is InChI=1S/C12H24O2/c13-11-7-6-10-12(14)8-4-2-1-3-5-9-12/h13-14H,1-11H2. The van der Waals surface area contributed by atoms with Gasteiger partial charge in [-0.2, -0.15) is 0 Å². The minimum Gasteiger partial charge on any atom is -0.396 e. The van der Waals surface area contributed by atoms with Gasteiger partial charge in [0.25, 0.3) is 0 Å². The largest absolute Gasteiger partial charge is 0.396 e. The molecule has 84 valence electrons. The predicted octanol–water partition coefficient (Wildman–Crippen LogP) is 2.62. The van der Waals surface area contributed by atoms with Crippen LogP contribution < -0.4 is 0 Å². The van der Waals surface area contributed by atoms with Gasteiger partial charge in [0.2, 0.25) is 0 Å². The molecule has 0 aromatic heterocycles. The molecular formula is C12H24O2. The molecule has 1 aliphatic carbocycles. The van der Waals surface area contributed by atoms with Gasteiger partial charge in [-0.05, 0) is 32.1 Å². The van der Waals surface area contributed by atoms with Gasteiger partial charge in [0, 0.05) is 6.61 Å². The van der Waals surface area contributed by atoms with Crippen LogP contribution in [0.5, 0.6) is 0 Å². The first-order valence-electron chi connectivity index (χ1n) is 6.10. The Labute approximate surface area is 87.3 Å². The maximum absolute atomic E-state index is 10.3. The zero-order valence-electron chi connectivity index (χ0n) is 9.17. The van der Waals surface area contributed by atoms with E-state index in [4.69, 9.17) is 5.11 Å². The molecule has 0 amide bonds. The van der Waals surface area contributed by atoms with Crippen LogP contribution in [0.25, 0.3) is 0 Å². The molecule has 1 rings (SSSR count). The number of hydrogen-bond acceptors (Lipinski definition) is 2. The molecule has 2 heteroatoms. The molecule has 0 aliphatic heterocycles. The molecule has 0 heterocycles. The van der Waals surface area contributed by atoms with Gasteiger partial charge in [0.1, 0.15) is 0 Å². The van der Waals surface area contributed by atoms with E-state index in [9.17, 15) is 5.11 Å². The van der Waals surface area contributed by atoms with E-state index in [2.05, 4.69) is 0 Å². The fourth-order valence-electron chi connectivity index (χ4n) is 2.38. The molecule has 1 aliphatic rings. The second kappa shape index (κ2) is 6.41. The van der Waals surface area contributed by atoms with E-state index >= 15 is 0 Å². The average molecular weight is 200 g/mol. The van der Waals surface area contributed by atoms with Crippen molar-refractivity contribution in [3.63, 3.8) is 0 Å². The number of hydrogen-bond donors (Lipinski definition) is 2. The maximum atomic E-state index is 10.3. The third-order valence-corrected chi connectivity index (χ3v) is 3.33. The SMILES string of the molecule is OCCCCC1(O)CCCCCCC1. The van der Waals surface area contributed by atoms with E-state index in [1.165, 1.54) is 32.1 Å². The third-order valence-electron chi connectivity index (χ3n) is 3.33. The molecule has 0 saturated heterocycles. The maximum Gasteiger partial charge on any atom is 0.0647 e. The normalized spacial score (nSPS) is 22.7. The van der Waals surface area contributed by atoms with Gasteiger partial charge in [-0.1, -0.05) is 32.1 Å². The highest BCUT2D eigenvalue weighted by Gasteiger charge is 2.26. The minimum atomic E-state index is -0.407. The van der Waals surface area contributed by atoms with Crippen molar-refractivity contribution in [2.24, 2.45) is 0 Å². The summed E-state index contributed by atoms with van der Waals surface area (Å²) >= 11 is 0. The van der Waals surface area contributed by atoms with Crippen LogP contribution in [0.2, 0.25) is 0 Å². The first kappa shape index (κ1) is 12.0. The summed E-state index contributed by atoms with van der Waals surface area (Å²) < 4.78 is 0. The highest BCUT2D eigenvalue weighted by Crippen LogP contribution is 2.30. The Morgan fingerprint density at radius 1 is 0.857 bits per heavy atom. The fraction of sp³-hybridized carbons (Fsp3) is 1.00. The van der Waals surface area contributed by atoms with E-state index in [1.54, 1.807) is 0 Å². The molecule has 0 atom stereocenters. The number of rotatable bonds is 4. The molecule has 0 aromatic carbocycles. The van der Waals surface area contributed by atoms with Gasteiger partial charge in [-0.15, -0.1) is 0 Å². The Bertz CT molecular complexity index is 137. The van der Waals surface area contributed by atoms with Crippen LogP contribution in [0.15, 0.2) is 0 Å². The monoisotopic (exact) mass is 200 g/mol. The molecule has 2 N–H and O–H groups in total. The lowest BCUT2D eigenvalue weighted by molar-refractivity contribution is 0.00302. The number of unbranched alkanes of at least 4 members (excludes halogenated alkanes) is 1. The number of aliphatic hydroxyl groups is 2.